The maximum Gasteiger partial charge on any atom is 0.182 e. The molecule has 4 nitrogen and oxygen atoms in total. The standard InChI is InChI=1S/C10H12N4/c11-7-9-10(14-6-5-12-9)13-4-3-8-1-2-8/h5-6,8H,1-4H2,(H,13,14). The third-order valence-corrected chi connectivity index (χ3v) is 2.35. The van der Waals surface area contributed by atoms with Crippen LogP contribution in [0, 0.1) is 17.2 Å². The zero-order valence-corrected chi connectivity index (χ0v) is 7.90. The van der Waals surface area contributed by atoms with Crippen LogP contribution in [0.4, 0.5) is 5.82 Å². The molecule has 0 atom stereocenters. The maximum absolute atomic E-state index is 8.75. The summed E-state index contributed by atoms with van der Waals surface area (Å²) >= 11 is 0. The fraction of sp³-hybridized carbons (Fsp3) is 0.500. The summed E-state index contributed by atoms with van der Waals surface area (Å²) in [5, 5.41) is 11.9. The Morgan fingerprint density at radius 1 is 1.43 bits per heavy atom. The highest BCUT2D eigenvalue weighted by molar-refractivity contribution is 5.46. The molecule has 0 aliphatic heterocycles. The molecular formula is C10H12N4. The molecule has 1 saturated carbocycles. The van der Waals surface area contributed by atoms with Gasteiger partial charge < -0.3 is 5.32 Å². The van der Waals surface area contributed by atoms with Gasteiger partial charge in [0, 0.05) is 18.9 Å². The minimum atomic E-state index is 0.378. The molecule has 0 amide bonds. The van der Waals surface area contributed by atoms with Gasteiger partial charge in [-0.25, -0.2) is 9.97 Å². The van der Waals surface area contributed by atoms with Crippen molar-refractivity contribution in [3.63, 3.8) is 0 Å². The predicted molar refractivity (Wildman–Crippen MR) is 52.6 cm³/mol. The second-order valence-corrected chi connectivity index (χ2v) is 3.52. The number of aromatic nitrogens is 2. The minimum absolute atomic E-state index is 0.378. The molecule has 1 aromatic heterocycles. The quantitative estimate of drug-likeness (QED) is 0.778. The minimum Gasteiger partial charge on any atom is -0.368 e. The summed E-state index contributed by atoms with van der Waals surface area (Å²) < 4.78 is 0. The van der Waals surface area contributed by atoms with Crippen molar-refractivity contribution in [2.45, 2.75) is 19.3 Å². The first-order chi connectivity index (χ1) is 6.90. The second-order valence-electron chi connectivity index (χ2n) is 3.52. The Labute approximate surface area is 83.0 Å². The van der Waals surface area contributed by atoms with Gasteiger partial charge in [0.2, 0.25) is 0 Å². The van der Waals surface area contributed by atoms with E-state index in [1.807, 2.05) is 6.07 Å². The number of hydrogen-bond donors (Lipinski definition) is 1. The molecule has 0 saturated heterocycles. The molecule has 1 heterocycles. The molecule has 72 valence electrons. The largest absolute Gasteiger partial charge is 0.368 e. The Hall–Kier alpha value is -1.63. The molecule has 0 radical (unpaired) electrons. The third kappa shape index (κ3) is 2.19. The van der Waals surface area contributed by atoms with Crippen LogP contribution in [0.15, 0.2) is 12.4 Å². The zero-order valence-electron chi connectivity index (χ0n) is 7.90. The molecule has 1 aliphatic rings. The van der Waals surface area contributed by atoms with Crippen LogP contribution in [0.2, 0.25) is 0 Å². The lowest BCUT2D eigenvalue weighted by Crippen LogP contribution is -2.06. The van der Waals surface area contributed by atoms with Crippen molar-refractivity contribution in [2.75, 3.05) is 11.9 Å². The number of rotatable bonds is 4. The summed E-state index contributed by atoms with van der Waals surface area (Å²) in [6.07, 6.45) is 7.01. The van der Waals surface area contributed by atoms with Gasteiger partial charge in [0.1, 0.15) is 6.07 Å². The number of nitrogens with one attached hydrogen (secondary N) is 1. The van der Waals surface area contributed by atoms with Crippen LogP contribution in [-0.4, -0.2) is 16.5 Å². The summed E-state index contributed by atoms with van der Waals surface area (Å²) in [4.78, 5) is 8.00. The number of anilines is 1. The molecule has 4 heteroatoms. The van der Waals surface area contributed by atoms with Crippen molar-refractivity contribution < 1.29 is 0 Å². The van der Waals surface area contributed by atoms with Crippen LogP contribution in [0.25, 0.3) is 0 Å². The van der Waals surface area contributed by atoms with Crippen LogP contribution >= 0.6 is 0 Å². The van der Waals surface area contributed by atoms with E-state index >= 15 is 0 Å². The molecular weight excluding hydrogens is 176 g/mol. The van der Waals surface area contributed by atoms with Gasteiger partial charge >= 0.3 is 0 Å². The van der Waals surface area contributed by atoms with E-state index < -0.39 is 0 Å². The lowest BCUT2D eigenvalue weighted by Gasteiger charge is -2.04. The van der Waals surface area contributed by atoms with E-state index in [9.17, 15) is 0 Å². The van der Waals surface area contributed by atoms with E-state index in [0.717, 1.165) is 12.5 Å². The molecule has 1 N–H and O–H groups in total. The second kappa shape index (κ2) is 4.05. The van der Waals surface area contributed by atoms with E-state index in [4.69, 9.17) is 5.26 Å². The van der Waals surface area contributed by atoms with Crippen LogP contribution in [0.5, 0.6) is 0 Å². The van der Waals surface area contributed by atoms with E-state index in [-0.39, 0.29) is 0 Å². The van der Waals surface area contributed by atoms with Gasteiger partial charge in [-0.2, -0.15) is 5.26 Å². The van der Waals surface area contributed by atoms with E-state index in [1.165, 1.54) is 25.5 Å². The first-order valence-electron chi connectivity index (χ1n) is 4.85. The summed E-state index contributed by atoms with van der Waals surface area (Å²) in [6, 6.07) is 2.01. The van der Waals surface area contributed by atoms with Crippen LogP contribution < -0.4 is 5.32 Å². The van der Waals surface area contributed by atoms with Gasteiger partial charge in [-0.05, 0) is 12.3 Å². The highest BCUT2D eigenvalue weighted by Crippen LogP contribution is 2.32. The Bertz CT molecular complexity index is 351. The molecule has 0 bridgehead atoms. The Morgan fingerprint density at radius 2 is 2.21 bits per heavy atom. The normalized spacial score (nSPS) is 14.8. The summed E-state index contributed by atoms with van der Waals surface area (Å²) in [5.41, 5.74) is 0.378. The molecule has 0 aromatic carbocycles. The molecule has 14 heavy (non-hydrogen) atoms. The summed E-state index contributed by atoms with van der Waals surface area (Å²) in [5.74, 6) is 1.50. The molecule has 2 rings (SSSR count). The van der Waals surface area contributed by atoms with Gasteiger partial charge in [0.25, 0.3) is 0 Å². The maximum atomic E-state index is 8.75. The van der Waals surface area contributed by atoms with Gasteiger partial charge in [-0.15, -0.1) is 0 Å². The lowest BCUT2D eigenvalue weighted by atomic mass is 10.3. The van der Waals surface area contributed by atoms with Crippen molar-refractivity contribution in [1.82, 2.24) is 9.97 Å². The van der Waals surface area contributed by atoms with Crippen LogP contribution in [0.1, 0.15) is 25.0 Å². The predicted octanol–water partition coefficient (Wildman–Crippen LogP) is 1.56. The van der Waals surface area contributed by atoms with Crippen molar-refractivity contribution in [3.05, 3.63) is 18.1 Å². The Balaban J connectivity index is 1.90. The van der Waals surface area contributed by atoms with Gasteiger partial charge in [0.15, 0.2) is 11.5 Å². The zero-order chi connectivity index (χ0) is 9.80. The molecule has 0 spiro atoms. The smallest absolute Gasteiger partial charge is 0.182 e. The molecule has 1 aliphatic carbocycles. The average molecular weight is 188 g/mol. The monoisotopic (exact) mass is 188 g/mol. The third-order valence-electron chi connectivity index (χ3n) is 2.35. The number of nitriles is 1. The van der Waals surface area contributed by atoms with E-state index in [1.54, 1.807) is 6.20 Å². The van der Waals surface area contributed by atoms with Crippen molar-refractivity contribution >= 4 is 5.82 Å². The first kappa shape index (κ1) is 8.95. The van der Waals surface area contributed by atoms with Crippen LogP contribution in [-0.2, 0) is 0 Å². The summed E-state index contributed by atoms with van der Waals surface area (Å²) in [7, 11) is 0. The molecule has 0 unspecified atom stereocenters. The number of nitrogens with zero attached hydrogens (tertiary/aromatic N) is 3. The van der Waals surface area contributed by atoms with Crippen molar-refractivity contribution in [1.29, 1.82) is 5.26 Å². The van der Waals surface area contributed by atoms with E-state index in [2.05, 4.69) is 15.3 Å². The van der Waals surface area contributed by atoms with Gasteiger partial charge in [0.05, 0.1) is 0 Å². The van der Waals surface area contributed by atoms with Crippen LogP contribution in [0.3, 0.4) is 0 Å². The first-order valence-corrected chi connectivity index (χ1v) is 4.85. The lowest BCUT2D eigenvalue weighted by molar-refractivity contribution is 0.757. The fourth-order valence-corrected chi connectivity index (χ4v) is 1.35. The fourth-order valence-electron chi connectivity index (χ4n) is 1.35. The van der Waals surface area contributed by atoms with Crippen molar-refractivity contribution in [2.24, 2.45) is 5.92 Å². The molecule has 1 fully saturated rings. The Morgan fingerprint density at radius 3 is 2.93 bits per heavy atom. The topological polar surface area (TPSA) is 61.6 Å². The van der Waals surface area contributed by atoms with E-state index in [0.29, 0.717) is 11.5 Å². The van der Waals surface area contributed by atoms with Gasteiger partial charge in [-0.3, -0.25) is 0 Å². The SMILES string of the molecule is N#Cc1nccnc1NCCC1CC1. The van der Waals surface area contributed by atoms with Gasteiger partial charge in [-0.1, -0.05) is 12.8 Å². The number of hydrogen-bond acceptors (Lipinski definition) is 4. The summed E-state index contributed by atoms with van der Waals surface area (Å²) in [6.45, 7) is 0.887. The highest BCUT2D eigenvalue weighted by Gasteiger charge is 2.20. The van der Waals surface area contributed by atoms with Crippen molar-refractivity contribution in [3.8, 4) is 6.07 Å². The highest BCUT2D eigenvalue weighted by atomic mass is 15.0. The molecule has 1 aromatic rings. The Kier molecular flexibility index (Phi) is 2.59. The average Bonchev–Trinajstić information content (AvgIpc) is 3.03.